The Kier molecular flexibility index (Phi) is 4.41. The maximum absolute atomic E-state index is 12.5. The summed E-state index contributed by atoms with van der Waals surface area (Å²) in [5.74, 6) is -1.32. The van der Waals surface area contributed by atoms with Crippen molar-refractivity contribution >= 4 is 55.0 Å². The third kappa shape index (κ3) is 3.01. The molecule has 5 aromatic carbocycles. The van der Waals surface area contributed by atoms with E-state index in [1.54, 1.807) is 24.3 Å². The predicted octanol–water partition coefficient (Wildman–Crippen LogP) is 6.34. The molecule has 0 spiro atoms. The minimum atomic E-state index is -0.943. The van der Waals surface area contributed by atoms with Gasteiger partial charge in [-0.3, -0.25) is 0 Å². The van der Waals surface area contributed by atoms with Crippen LogP contribution < -0.4 is 0 Å². The molecule has 5 rings (SSSR count). The summed E-state index contributed by atoms with van der Waals surface area (Å²) in [4.78, 5) is 23.9. The van der Waals surface area contributed by atoms with E-state index in [0.29, 0.717) is 5.56 Å². The van der Waals surface area contributed by atoms with E-state index < -0.39 is 5.97 Å². The highest BCUT2D eigenvalue weighted by atomic mass is 16.5. The molecule has 0 unspecified atom stereocenters. The summed E-state index contributed by atoms with van der Waals surface area (Å²) >= 11 is 0. The molecule has 0 bridgehead atoms. The zero-order valence-corrected chi connectivity index (χ0v) is 16.6. The molecule has 0 radical (unpaired) electrons. The SMILES string of the molecule is C=CCOC(=O)c1cccc2c1ccc1c2ccc2c3cc(C(=O)O)ccc3ccc21. The van der Waals surface area contributed by atoms with Gasteiger partial charge in [0.2, 0.25) is 0 Å². The minimum Gasteiger partial charge on any atom is -0.478 e. The number of benzene rings is 5. The number of rotatable bonds is 4. The summed E-state index contributed by atoms with van der Waals surface area (Å²) < 4.78 is 5.24. The molecule has 0 aromatic heterocycles. The predicted molar refractivity (Wildman–Crippen MR) is 124 cm³/mol. The highest BCUT2D eigenvalue weighted by Crippen LogP contribution is 2.35. The first-order chi connectivity index (χ1) is 15.1. The van der Waals surface area contributed by atoms with Crippen molar-refractivity contribution < 1.29 is 19.4 Å². The van der Waals surface area contributed by atoms with Gasteiger partial charge < -0.3 is 9.84 Å². The largest absolute Gasteiger partial charge is 0.478 e. The number of ether oxygens (including phenoxy) is 1. The lowest BCUT2D eigenvalue weighted by Gasteiger charge is -2.12. The molecular weight excluding hydrogens is 388 g/mol. The highest BCUT2D eigenvalue weighted by molar-refractivity contribution is 6.23. The topological polar surface area (TPSA) is 63.6 Å². The Morgan fingerprint density at radius 3 is 2.03 bits per heavy atom. The maximum Gasteiger partial charge on any atom is 0.339 e. The van der Waals surface area contributed by atoms with Gasteiger partial charge in [0.05, 0.1) is 11.1 Å². The van der Waals surface area contributed by atoms with Crippen LogP contribution in [-0.4, -0.2) is 23.7 Å². The van der Waals surface area contributed by atoms with E-state index >= 15 is 0 Å². The quantitative estimate of drug-likeness (QED) is 0.215. The van der Waals surface area contributed by atoms with Crippen molar-refractivity contribution in [2.24, 2.45) is 0 Å². The molecule has 0 aliphatic carbocycles. The molecule has 0 aliphatic heterocycles. The molecule has 0 heterocycles. The first-order valence-corrected chi connectivity index (χ1v) is 9.91. The van der Waals surface area contributed by atoms with Crippen LogP contribution in [0, 0.1) is 0 Å². The standard InChI is InChI=1S/C27H18O4/c1-2-14-31-27(30)24-5-3-4-18-20-11-13-23-19(21(20)10-12-22(18)24)9-8-16-6-7-17(26(28)29)15-25(16)23/h2-13,15H,1,14H2,(H,28,29). The van der Waals surface area contributed by atoms with Crippen LogP contribution in [0.5, 0.6) is 0 Å². The van der Waals surface area contributed by atoms with Crippen LogP contribution in [0.25, 0.3) is 43.1 Å². The van der Waals surface area contributed by atoms with Gasteiger partial charge in [0.15, 0.2) is 0 Å². The van der Waals surface area contributed by atoms with Crippen molar-refractivity contribution in [1.29, 1.82) is 0 Å². The van der Waals surface area contributed by atoms with Gasteiger partial charge >= 0.3 is 11.9 Å². The molecule has 4 heteroatoms. The van der Waals surface area contributed by atoms with E-state index in [0.717, 1.165) is 43.1 Å². The fourth-order valence-electron chi connectivity index (χ4n) is 4.24. The monoisotopic (exact) mass is 406 g/mol. The van der Waals surface area contributed by atoms with Crippen molar-refractivity contribution in [2.75, 3.05) is 6.61 Å². The van der Waals surface area contributed by atoms with E-state index in [1.165, 1.54) is 0 Å². The fourth-order valence-corrected chi connectivity index (χ4v) is 4.24. The summed E-state index contributed by atoms with van der Waals surface area (Å²) in [5.41, 5.74) is 0.784. The van der Waals surface area contributed by atoms with E-state index in [9.17, 15) is 14.7 Å². The smallest absolute Gasteiger partial charge is 0.339 e. The Morgan fingerprint density at radius 2 is 1.35 bits per heavy atom. The Balaban J connectivity index is 1.79. The average molecular weight is 406 g/mol. The Bertz CT molecular complexity index is 1550. The zero-order valence-electron chi connectivity index (χ0n) is 16.6. The van der Waals surface area contributed by atoms with Crippen molar-refractivity contribution in [3.8, 4) is 0 Å². The van der Waals surface area contributed by atoms with Gasteiger partial charge in [0.1, 0.15) is 6.61 Å². The van der Waals surface area contributed by atoms with Crippen LogP contribution in [-0.2, 0) is 4.74 Å². The maximum atomic E-state index is 12.5. The highest BCUT2D eigenvalue weighted by Gasteiger charge is 2.14. The van der Waals surface area contributed by atoms with Crippen LogP contribution in [0.1, 0.15) is 20.7 Å². The van der Waals surface area contributed by atoms with E-state index in [1.807, 2.05) is 48.5 Å². The van der Waals surface area contributed by atoms with Gasteiger partial charge in [-0.25, -0.2) is 9.59 Å². The molecule has 150 valence electrons. The summed E-state index contributed by atoms with van der Waals surface area (Å²) in [7, 11) is 0. The number of aromatic carboxylic acids is 1. The third-order valence-corrected chi connectivity index (χ3v) is 5.67. The van der Waals surface area contributed by atoms with Crippen LogP contribution in [0.2, 0.25) is 0 Å². The summed E-state index contributed by atoms with van der Waals surface area (Å²) in [5, 5.41) is 17.2. The van der Waals surface area contributed by atoms with Crippen LogP contribution in [0.3, 0.4) is 0 Å². The average Bonchev–Trinajstić information content (AvgIpc) is 2.80. The zero-order chi connectivity index (χ0) is 21.5. The fraction of sp³-hybridized carbons (Fsp3) is 0.0370. The molecule has 5 aromatic rings. The normalized spacial score (nSPS) is 11.2. The van der Waals surface area contributed by atoms with Gasteiger partial charge in [-0.15, -0.1) is 0 Å². The van der Waals surface area contributed by atoms with Gasteiger partial charge in [0.25, 0.3) is 0 Å². The number of carbonyl (C=O) groups is 2. The van der Waals surface area contributed by atoms with Gasteiger partial charge in [-0.1, -0.05) is 67.3 Å². The number of carboxylic acids is 1. The molecule has 0 saturated carbocycles. The van der Waals surface area contributed by atoms with Gasteiger partial charge in [-0.05, 0) is 61.3 Å². The molecule has 0 saturated heterocycles. The Hall–Kier alpha value is -4.18. The van der Waals surface area contributed by atoms with E-state index in [-0.39, 0.29) is 18.1 Å². The third-order valence-electron chi connectivity index (χ3n) is 5.67. The minimum absolute atomic E-state index is 0.166. The van der Waals surface area contributed by atoms with Crippen molar-refractivity contribution in [3.05, 3.63) is 96.6 Å². The molecule has 31 heavy (non-hydrogen) atoms. The lowest BCUT2D eigenvalue weighted by Crippen LogP contribution is -2.05. The number of carboxylic acid groups (broad SMARTS) is 1. The lowest BCUT2D eigenvalue weighted by atomic mass is 9.92. The molecule has 1 N–H and O–H groups in total. The van der Waals surface area contributed by atoms with Crippen molar-refractivity contribution in [2.45, 2.75) is 0 Å². The number of carbonyl (C=O) groups excluding carboxylic acids is 1. The number of hydrogen-bond donors (Lipinski definition) is 1. The van der Waals surface area contributed by atoms with Crippen molar-refractivity contribution in [3.63, 3.8) is 0 Å². The summed E-state index contributed by atoms with van der Waals surface area (Å²) in [6.07, 6.45) is 1.55. The first kappa shape index (κ1) is 18.8. The second-order valence-corrected chi connectivity index (χ2v) is 7.42. The number of fused-ring (bicyclic) bond motifs is 7. The van der Waals surface area contributed by atoms with Crippen LogP contribution in [0.15, 0.2) is 85.5 Å². The van der Waals surface area contributed by atoms with E-state index in [4.69, 9.17) is 4.74 Å². The lowest BCUT2D eigenvalue weighted by molar-refractivity contribution is 0.0551. The Morgan fingerprint density at radius 1 is 0.774 bits per heavy atom. The molecule has 0 fully saturated rings. The summed E-state index contributed by atoms with van der Waals surface area (Å²) in [6, 6.07) is 22.9. The first-order valence-electron chi connectivity index (χ1n) is 9.91. The van der Waals surface area contributed by atoms with Crippen LogP contribution >= 0.6 is 0 Å². The number of esters is 1. The molecule has 4 nitrogen and oxygen atoms in total. The Labute approximate surface area is 178 Å². The van der Waals surface area contributed by atoms with Gasteiger partial charge in [0, 0.05) is 0 Å². The molecule has 0 aliphatic rings. The number of hydrogen-bond acceptors (Lipinski definition) is 3. The van der Waals surface area contributed by atoms with Crippen molar-refractivity contribution in [1.82, 2.24) is 0 Å². The second-order valence-electron chi connectivity index (χ2n) is 7.42. The van der Waals surface area contributed by atoms with Gasteiger partial charge in [-0.2, -0.15) is 0 Å². The van der Waals surface area contributed by atoms with Crippen LogP contribution in [0.4, 0.5) is 0 Å². The molecule has 0 atom stereocenters. The van der Waals surface area contributed by atoms with E-state index in [2.05, 4.69) is 12.6 Å². The molecule has 0 amide bonds. The second kappa shape index (κ2) is 7.26. The summed E-state index contributed by atoms with van der Waals surface area (Å²) in [6.45, 7) is 3.75. The molecular formula is C27H18O4.